The van der Waals surface area contributed by atoms with Gasteiger partial charge in [0.25, 0.3) is 0 Å². The molecular weight excluding hydrogens is 896 g/mol. The molecule has 0 heterocycles. The van der Waals surface area contributed by atoms with Crippen LogP contribution in [-0.2, 0) is 73.3 Å². The van der Waals surface area contributed by atoms with Crippen LogP contribution in [0.4, 0.5) is 4.39 Å². The highest BCUT2D eigenvalue weighted by atomic mass is 19.1. The monoisotopic (exact) mass is 960 g/mol. The second-order valence-electron chi connectivity index (χ2n) is 17.3. The number of unbranched alkanes of at least 4 members (excludes halogenated alkanes) is 2. The average molecular weight is 961 g/mol. The summed E-state index contributed by atoms with van der Waals surface area (Å²) in [6, 6.07) is 17.5. The molecule has 1 aliphatic carbocycles. The first kappa shape index (κ1) is 55.2. The van der Waals surface area contributed by atoms with Crippen molar-refractivity contribution in [3.05, 3.63) is 102 Å². The lowest BCUT2D eigenvalue weighted by Crippen LogP contribution is -2.45. The Hall–Kier alpha value is -6.39. The molecule has 0 N–H and O–H groups in total. The summed E-state index contributed by atoms with van der Waals surface area (Å²) in [7, 11) is 2.74. The zero-order valence-electron chi connectivity index (χ0n) is 40.4. The third-order valence-electron chi connectivity index (χ3n) is 11.6. The van der Waals surface area contributed by atoms with Gasteiger partial charge in [-0.1, -0.05) is 82.2 Å². The van der Waals surface area contributed by atoms with E-state index in [9.17, 15) is 28.8 Å². The Morgan fingerprint density at radius 3 is 1.65 bits per heavy atom. The van der Waals surface area contributed by atoms with E-state index in [1.165, 1.54) is 53.8 Å². The van der Waals surface area contributed by atoms with Crippen molar-refractivity contribution in [1.82, 2.24) is 0 Å². The molecule has 15 nitrogen and oxygen atoms in total. The van der Waals surface area contributed by atoms with Crippen LogP contribution in [-0.4, -0.2) is 103 Å². The minimum atomic E-state index is -1.73. The molecule has 16 heteroatoms. The van der Waals surface area contributed by atoms with Crippen LogP contribution in [0.5, 0.6) is 5.75 Å². The normalized spacial score (nSPS) is 14.5. The van der Waals surface area contributed by atoms with Gasteiger partial charge in [0.1, 0.15) is 63.2 Å². The van der Waals surface area contributed by atoms with Crippen molar-refractivity contribution in [3.8, 4) is 28.0 Å². The first-order chi connectivity index (χ1) is 33.1. The fourth-order valence-corrected chi connectivity index (χ4v) is 7.58. The second-order valence-corrected chi connectivity index (χ2v) is 17.3. The smallest absolute Gasteiger partial charge is 0.417 e. The molecule has 0 saturated heterocycles. The Morgan fingerprint density at radius 2 is 1.12 bits per heavy atom. The Bertz CT molecular complexity index is 2210. The lowest BCUT2D eigenvalue weighted by atomic mass is 9.77. The molecule has 0 radical (unpaired) electrons. The highest BCUT2D eigenvalue weighted by Gasteiger charge is 2.39. The second kappa shape index (κ2) is 28.2. The number of esters is 6. The summed E-state index contributed by atoms with van der Waals surface area (Å²) >= 11 is 0. The van der Waals surface area contributed by atoms with E-state index in [0.29, 0.717) is 33.7 Å². The lowest BCUT2D eigenvalue weighted by Gasteiger charge is -2.31. The summed E-state index contributed by atoms with van der Waals surface area (Å²) < 4.78 is 63.0. The third kappa shape index (κ3) is 17.6. The molecule has 1 aliphatic rings. The molecule has 0 aliphatic heterocycles. The van der Waals surface area contributed by atoms with Crippen LogP contribution >= 0.6 is 0 Å². The fourth-order valence-electron chi connectivity index (χ4n) is 7.58. The Balaban J connectivity index is 1.60. The van der Waals surface area contributed by atoms with Crippen LogP contribution in [0, 0.1) is 17.2 Å². The van der Waals surface area contributed by atoms with E-state index >= 15 is 4.39 Å². The van der Waals surface area contributed by atoms with Crippen molar-refractivity contribution in [3.63, 3.8) is 0 Å². The number of halogens is 1. The molecule has 0 spiro atoms. The van der Waals surface area contributed by atoms with Crippen molar-refractivity contribution >= 4 is 35.8 Å². The van der Waals surface area contributed by atoms with Gasteiger partial charge in [-0.05, 0) is 103 Å². The van der Waals surface area contributed by atoms with E-state index < -0.39 is 67.7 Å². The molecule has 3 aromatic carbocycles. The van der Waals surface area contributed by atoms with Crippen molar-refractivity contribution in [2.75, 3.05) is 67.1 Å². The van der Waals surface area contributed by atoms with Gasteiger partial charge in [0, 0.05) is 30.9 Å². The molecule has 69 heavy (non-hydrogen) atoms. The molecule has 0 amide bonds. The van der Waals surface area contributed by atoms with Gasteiger partial charge in [-0.2, -0.15) is 0 Å². The number of carbonyl (C=O) groups is 6. The molecule has 1 saturated carbocycles. The van der Waals surface area contributed by atoms with E-state index in [1.54, 1.807) is 42.5 Å². The number of carbonyl (C=O) groups excluding carboxylic acids is 6. The van der Waals surface area contributed by atoms with E-state index in [0.717, 1.165) is 37.2 Å². The Kier molecular flexibility index (Phi) is 22.6. The predicted octanol–water partition coefficient (Wildman–Crippen LogP) is 8.58. The number of benzene rings is 3. The van der Waals surface area contributed by atoms with Crippen molar-refractivity contribution < 1.29 is 75.8 Å². The van der Waals surface area contributed by atoms with Gasteiger partial charge in [0.05, 0.1) is 13.2 Å². The highest BCUT2D eigenvalue weighted by molar-refractivity contribution is 6.30. The van der Waals surface area contributed by atoms with E-state index in [2.05, 4.69) is 20.1 Å². The van der Waals surface area contributed by atoms with Gasteiger partial charge >= 0.3 is 35.8 Å². The maximum absolute atomic E-state index is 16.0. The first-order valence-corrected chi connectivity index (χ1v) is 23.1. The minimum absolute atomic E-state index is 0.00631. The zero-order chi connectivity index (χ0) is 50.3. The van der Waals surface area contributed by atoms with Crippen LogP contribution in [0.1, 0.15) is 89.2 Å². The third-order valence-corrected chi connectivity index (χ3v) is 11.6. The van der Waals surface area contributed by atoms with E-state index in [-0.39, 0.29) is 55.7 Å². The minimum Gasteiger partial charge on any atom is -0.493 e. The molecule has 374 valence electrons. The molecule has 0 bridgehead atoms. The SMILES string of the molecule is C=C(C)C(=O)OCc1cc(-c2ccc(C3CCC(CCCCC)CC3)cc2F)ccc1-c1ccc(OCC(COC(=O)C(=C)C)(COC(=O)C(=O)OCCOC)COC(=O)C(=O)OCCOC)cc1. The number of methoxy groups -OCH3 is 2. The molecule has 1 fully saturated rings. The predicted molar refractivity (Wildman–Crippen MR) is 252 cm³/mol. The quantitative estimate of drug-likeness (QED) is 0.0245. The number of hydrogen-bond acceptors (Lipinski definition) is 15. The topological polar surface area (TPSA) is 185 Å². The summed E-state index contributed by atoms with van der Waals surface area (Å²) in [5, 5.41) is 0. The summed E-state index contributed by atoms with van der Waals surface area (Å²) in [6.07, 6.45) is 9.41. The molecule has 0 unspecified atom stereocenters. The number of rotatable bonds is 26. The Labute approximate surface area is 403 Å². The van der Waals surface area contributed by atoms with E-state index in [1.807, 2.05) is 18.2 Å². The summed E-state index contributed by atoms with van der Waals surface area (Å²) in [5.74, 6) is -6.01. The lowest BCUT2D eigenvalue weighted by molar-refractivity contribution is -0.179. The standard InChI is InChI=1S/C53H65FO15/c1-8-9-10-11-37-12-14-38(15-13-37)40-18-23-45(46(54)29-40)41-19-22-44(42(28-41)30-65-47(55)35(2)3)39-16-20-43(21-17-39)66-31-53(32-67-48(56)36(4)5,33-68-51(59)49(57)63-26-24-61-6)34-69-52(60)50(58)64-27-25-62-7/h16-23,28-29,37-38H,2,4,8-15,24-27,30-34H2,1,3,5-7H3. The van der Waals surface area contributed by atoms with Gasteiger partial charge in [0.2, 0.25) is 0 Å². The van der Waals surface area contributed by atoms with Gasteiger partial charge in [0.15, 0.2) is 0 Å². The van der Waals surface area contributed by atoms with Crippen molar-refractivity contribution in [2.45, 2.75) is 84.7 Å². The maximum Gasteiger partial charge on any atom is 0.417 e. The fraction of sp³-hybridized carbons (Fsp3) is 0.472. The highest BCUT2D eigenvalue weighted by Crippen LogP contribution is 2.40. The summed E-state index contributed by atoms with van der Waals surface area (Å²) in [4.78, 5) is 75.3. The van der Waals surface area contributed by atoms with Crippen LogP contribution in [0.15, 0.2) is 85.0 Å². The Morgan fingerprint density at radius 1 is 0.594 bits per heavy atom. The van der Waals surface area contributed by atoms with E-state index in [4.69, 9.17) is 42.6 Å². The van der Waals surface area contributed by atoms with Gasteiger partial charge < -0.3 is 42.6 Å². The van der Waals surface area contributed by atoms with Crippen molar-refractivity contribution in [1.29, 1.82) is 0 Å². The molecule has 4 rings (SSSR count). The van der Waals surface area contributed by atoms with Crippen LogP contribution in [0.3, 0.4) is 0 Å². The number of ether oxygens (including phenoxy) is 9. The van der Waals surface area contributed by atoms with Gasteiger partial charge in [-0.15, -0.1) is 0 Å². The largest absolute Gasteiger partial charge is 0.493 e. The molecule has 3 aromatic rings. The number of hydrogen-bond donors (Lipinski definition) is 0. The van der Waals surface area contributed by atoms with Crippen LogP contribution < -0.4 is 4.74 Å². The molecule has 0 aromatic heterocycles. The molecule has 0 atom stereocenters. The zero-order valence-corrected chi connectivity index (χ0v) is 40.4. The van der Waals surface area contributed by atoms with Crippen molar-refractivity contribution in [2.24, 2.45) is 11.3 Å². The van der Waals surface area contributed by atoms with Gasteiger partial charge in [-0.3, -0.25) is 0 Å². The maximum atomic E-state index is 16.0. The average Bonchev–Trinajstić information content (AvgIpc) is 3.35. The summed E-state index contributed by atoms with van der Waals surface area (Å²) in [6.45, 7) is 9.23. The van der Waals surface area contributed by atoms with Gasteiger partial charge in [-0.25, -0.2) is 33.2 Å². The van der Waals surface area contributed by atoms with Crippen LogP contribution in [0.25, 0.3) is 22.3 Å². The van der Waals surface area contributed by atoms with Crippen LogP contribution in [0.2, 0.25) is 0 Å². The molecular formula is C53H65FO15. The first-order valence-electron chi connectivity index (χ1n) is 23.1. The summed E-state index contributed by atoms with van der Waals surface area (Å²) in [5.41, 5.74) is 2.43.